The van der Waals surface area contributed by atoms with E-state index in [9.17, 15) is 4.79 Å². The van der Waals surface area contributed by atoms with E-state index in [4.69, 9.17) is 0 Å². The fraction of sp³-hybridized carbons (Fsp3) is 0.174. The zero-order valence-corrected chi connectivity index (χ0v) is 16.7. The molecule has 0 aliphatic rings. The van der Waals surface area contributed by atoms with Crippen LogP contribution in [-0.4, -0.2) is 25.7 Å². The lowest BCUT2D eigenvalue weighted by Gasteiger charge is -2.09. The van der Waals surface area contributed by atoms with E-state index in [1.165, 1.54) is 0 Å². The summed E-state index contributed by atoms with van der Waals surface area (Å²) in [6, 6.07) is 17.5. The van der Waals surface area contributed by atoms with Gasteiger partial charge in [-0.05, 0) is 51.1 Å². The van der Waals surface area contributed by atoms with Gasteiger partial charge in [-0.25, -0.2) is 9.67 Å². The minimum atomic E-state index is -0.228. The SMILES string of the molecule is Cc1nn(-c2ccccc2)c(C)c1/C=C/C(=O)NC(C)c1nc2ccccc2[nH]1. The third kappa shape index (κ3) is 3.82. The summed E-state index contributed by atoms with van der Waals surface area (Å²) in [5.74, 6) is 0.557. The molecule has 0 radical (unpaired) electrons. The Morgan fingerprint density at radius 3 is 2.59 bits per heavy atom. The summed E-state index contributed by atoms with van der Waals surface area (Å²) < 4.78 is 1.89. The van der Waals surface area contributed by atoms with Crippen LogP contribution in [0.15, 0.2) is 60.7 Å². The van der Waals surface area contributed by atoms with Gasteiger partial charge in [-0.15, -0.1) is 0 Å². The average molecular weight is 385 g/mol. The quantitative estimate of drug-likeness (QED) is 0.504. The Labute approximate surface area is 169 Å². The molecule has 1 unspecified atom stereocenters. The van der Waals surface area contributed by atoms with Gasteiger partial charge in [0.05, 0.1) is 28.5 Å². The highest BCUT2D eigenvalue weighted by atomic mass is 16.1. The molecule has 146 valence electrons. The number of rotatable bonds is 5. The molecule has 1 amide bonds. The first-order valence-corrected chi connectivity index (χ1v) is 9.58. The number of benzene rings is 2. The second kappa shape index (κ2) is 7.75. The van der Waals surface area contributed by atoms with Crippen molar-refractivity contribution in [2.75, 3.05) is 0 Å². The lowest BCUT2D eigenvalue weighted by Crippen LogP contribution is -2.25. The zero-order chi connectivity index (χ0) is 20.4. The van der Waals surface area contributed by atoms with Crippen LogP contribution >= 0.6 is 0 Å². The number of nitrogens with zero attached hydrogens (tertiary/aromatic N) is 3. The standard InChI is InChI=1S/C23H23N5O/c1-15-19(17(3)28(27-15)18-9-5-4-6-10-18)13-14-22(29)24-16(2)23-25-20-11-7-8-12-21(20)26-23/h4-14,16H,1-3H3,(H,24,29)(H,25,26)/b14-13+. The Hall–Kier alpha value is -3.67. The van der Waals surface area contributed by atoms with Gasteiger partial charge < -0.3 is 10.3 Å². The highest BCUT2D eigenvalue weighted by molar-refractivity contribution is 5.92. The Kier molecular flexibility index (Phi) is 4.99. The van der Waals surface area contributed by atoms with Gasteiger partial charge in [0.25, 0.3) is 0 Å². The smallest absolute Gasteiger partial charge is 0.244 e. The highest BCUT2D eigenvalue weighted by Gasteiger charge is 2.14. The normalized spacial score (nSPS) is 12.5. The van der Waals surface area contributed by atoms with Crippen LogP contribution in [0.2, 0.25) is 0 Å². The van der Waals surface area contributed by atoms with Crippen LogP contribution < -0.4 is 5.32 Å². The predicted molar refractivity (Wildman–Crippen MR) is 115 cm³/mol. The zero-order valence-electron chi connectivity index (χ0n) is 16.7. The monoisotopic (exact) mass is 385 g/mol. The van der Waals surface area contributed by atoms with Crippen molar-refractivity contribution in [3.63, 3.8) is 0 Å². The fourth-order valence-electron chi connectivity index (χ4n) is 3.38. The number of aromatic nitrogens is 4. The number of carbonyl (C=O) groups is 1. The number of hydrogen-bond acceptors (Lipinski definition) is 3. The van der Waals surface area contributed by atoms with Gasteiger partial charge in [-0.2, -0.15) is 5.10 Å². The number of nitrogens with one attached hydrogen (secondary N) is 2. The number of para-hydroxylation sites is 3. The van der Waals surface area contributed by atoms with Crippen molar-refractivity contribution in [2.45, 2.75) is 26.8 Å². The summed E-state index contributed by atoms with van der Waals surface area (Å²) in [6.07, 6.45) is 3.36. The third-order valence-electron chi connectivity index (χ3n) is 4.93. The third-order valence-corrected chi connectivity index (χ3v) is 4.93. The number of carbonyl (C=O) groups excluding carboxylic acids is 1. The van der Waals surface area contributed by atoms with Crippen molar-refractivity contribution in [1.82, 2.24) is 25.1 Å². The molecular weight excluding hydrogens is 362 g/mol. The van der Waals surface area contributed by atoms with E-state index in [0.29, 0.717) is 0 Å². The van der Waals surface area contributed by atoms with Gasteiger partial charge in [-0.3, -0.25) is 4.79 Å². The lowest BCUT2D eigenvalue weighted by molar-refractivity contribution is -0.117. The lowest BCUT2D eigenvalue weighted by atomic mass is 10.1. The number of imidazole rings is 1. The predicted octanol–water partition coefficient (Wildman–Crippen LogP) is 4.26. The molecule has 6 heteroatoms. The summed E-state index contributed by atoms with van der Waals surface area (Å²) in [6.45, 7) is 5.86. The van der Waals surface area contributed by atoms with Gasteiger partial charge in [0.1, 0.15) is 5.82 Å². The van der Waals surface area contributed by atoms with Crippen LogP contribution in [-0.2, 0) is 4.79 Å². The molecule has 0 aliphatic carbocycles. The highest BCUT2D eigenvalue weighted by Crippen LogP contribution is 2.19. The minimum absolute atomic E-state index is 0.177. The first-order chi connectivity index (χ1) is 14.0. The van der Waals surface area contributed by atoms with Gasteiger partial charge in [0.2, 0.25) is 5.91 Å². The van der Waals surface area contributed by atoms with Gasteiger partial charge in [-0.1, -0.05) is 30.3 Å². The van der Waals surface area contributed by atoms with E-state index >= 15 is 0 Å². The van der Waals surface area contributed by atoms with Crippen LogP contribution in [0.4, 0.5) is 0 Å². The van der Waals surface area contributed by atoms with Crippen molar-refractivity contribution in [1.29, 1.82) is 0 Å². The summed E-state index contributed by atoms with van der Waals surface area (Å²) in [4.78, 5) is 20.2. The van der Waals surface area contributed by atoms with Crippen LogP contribution in [0.1, 0.15) is 35.7 Å². The average Bonchev–Trinajstić information content (AvgIpc) is 3.28. The Bertz CT molecular complexity index is 1150. The maximum absolute atomic E-state index is 12.4. The molecule has 0 saturated heterocycles. The topological polar surface area (TPSA) is 75.6 Å². The molecule has 2 aromatic heterocycles. The second-order valence-electron chi connectivity index (χ2n) is 7.03. The van der Waals surface area contributed by atoms with E-state index in [1.807, 2.05) is 86.1 Å². The maximum Gasteiger partial charge on any atom is 0.244 e. The van der Waals surface area contributed by atoms with Crippen LogP contribution in [0, 0.1) is 13.8 Å². The van der Waals surface area contributed by atoms with Crippen molar-refractivity contribution in [2.24, 2.45) is 0 Å². The molecule has 0 spiro atoms. The second-order valence-corrected chi connectivity index (χ2v) is 7.03. The molecule has 0 aliphatic heterocycles. The Morgan fingerprint density at radius 2 is 1.83 bits per heavy atom. The molecule has 1 atom stereocenters. The van der Waals surface area contributed by atoms with Gasteiger partial charge >= 0.3 is 0 Å². The minimum Gasteiger partial charge on any atom is -0.343 e. The van der Waals surface area contributed by atoms with Crippen molar-refractivity contribution < 1.29 is 4.79 Å². The molecular formula is C23H23N5O. The molecule has 6 nitrogen and oxygen atoms in total. The van der Waals surface area contributed by atoms with E-state index in [0.717, 1.165) is 39.5 Å². The number of amides is 1. The van der Waals surface area contributed by atoms with Gasteiger partial charge in [0.15, 0.2) is 0 Å². The van der Waals surface area contributed by atoms with Crippen LogP contribution in [0.5, 0.6) is 0 Å². The summed E-state index contributed by atoms with van der Waals surface area (Å²) in [5.41, 5.74) is 5.65. The molecule has 4 aromatic rings. The first kappa shape index (κ1) is 18.7. The number of H-pyrrole nitrogens is 1. The summed E-state index contributed by atoms with van der Waals surface area (Å²) in [5, 5.41) is 7.57. The van der Waals surface area contributed by atoms with Crippen molar-refractivity contribution >= 4 is 23.0 Å². The Morgan fingerprint density at radius 1 is 1.10 bits per heavy atom. The molecule has 4 rings (SSSR count). The summed E-state index contributed by atoms with van der Waals surface area (Å²) >= 11 is 0. The van der Waals surface area contributed by atoms with E-state index in [-0.39, 0.29) is 11.9 Å². The van der Waals surface area contributed by atoms with Crippen molar-refractivity contribution in [3.05, 3.63) is 83.4 Å². The van der Waals surface area contributed by atoms with E-state index < -0.39 is 0 Å². The molecule has 0 bridgehead atoms. The molecule has 2 N–H and O–H groups in total. The number of hydrogen-bond donors (Lipinski definition) is 2. The number of aryl methyl sites for hydroxylation is 1. The number of aromatic amines is 1. The van der Waals surface area contributed by atoms with Crippen LogP contribution in [0.3, 0.4) is 0 Å². The Balaban J connectivity index is 1.49. The van der Waals surface area contributed by atoms with E-state index in [2.05, 4.69) is 20.4 Å². The molecule has 0 saturated carbocycles. The largest absolute Gasteiger partial charge is 0.343 e. The molecule has 29 heavy (non-hydrogen) atoms. The molecule has 2 heterocycles. The van der Waals surface area contributed by atoms with E-state index in [1.54, 1.807) is 6.08 Å². The van der Waals surface area contributed by atoms with Crippen LogP contribution in [0.25, 0.3) is 22.8 Å². The molecule has 0 fully saturated rings. The van der Waals surface area contributed by atoms with Gasteiger partial charge in [0, 0.05) is 17.3 Å². The summed E-state index contributed by atoms with van der Waals surface area (Å²) in [7, 11) is 0. The first-order valence-electron chi connectivity index (χ1n) is 9.58. The van der Waals surface area contributed by atoms with Crippen molar-refractivity contribution in [3.8, 4) is 5.69 Å². The maximum atomic E-state index is 12.4. The fourth-order valence-corrected chi connectivity index (χ4v) is 3.38. The molecule has 2 aromatic carbocycles. The number of fused-ring (bicyclic) bond motifs is 1.